The van der Waals surface area contributed by atoms with Crippen molar-refractivity contribution in [1.82, 2.24) is 19.7 Å². The van der Waals surface area contributed by atoms with E-state index in [-0.39, 0.29) is 11.4 Å². The van der Waals surface area contributed by atoms with E-state index in [2.05, 4.69) is 15.1 Å². The number of hydrogen-bond donors (Lipinski definition) is 0. The van der Waals surface area contributed by atoms with E-state index in [0.29, 0.717) is 28.1 Å². The highest BCUT2D eigenvalue weighted by molar-refractivity contribution is 6.11. The topological polar surface area (TPSA) is 73.1 Å². The van der Waals surface area contributed by atoms with Crippen molar-refractivity contribution in [3.05, 3.63) is 53.7 Å². The monoisotopic (exact) mass is 467 g/mol. The smallest absolute Gasteiger partial charge is 0.408 e. The maximum Gasteiger partial charge on any atom is 0.408 e. The molecule has 1 aliphatic rings. The summed E-state index contributed by atoms with van der Waals surface area (Å²) >= 11 is 0. The molecule has 1 aliphatic heterocycles. The molecule has 0 aliphatic carbocycles. The Morgan fingerprint density at radius 2 is 1.94 bits per heavy atom. The number of carbonyl (C=O) groups is 1. The number of halogens is 5. The van der Waals surface area contributed by atoms with Crippen LogP contribution in [0.2, 0.25) is 0 Å². The summed E-state index contributed by atoms with van der Waals surface area (Å²) < 4.78 is 68.6. The van der Waals surface area contributed by atoms with Crippen LogP contribution in [0.25, 0.3) is 11.3 Å². The predicted molar refractivity (Wildman–Crippen MR) is 107 cm³/mol. The summed E-state index contributed by atoms with van der Waals surface area (Å²) in [6.07, 6.45) is -1.91. The first-order valence-corrected chi connectivity index (χ1v) is 9.84. The van der Waals surface area contributed by atoms with Gasteiger partial charge in [0.1, 0.15) is 18.9 Å². The lowest BCUT2D eigenvalue weighted by atomic mass is 10.0. The number of pyridine rings is 2. The zero-order valence-corrected chi connectivity index (χ0v) is 17.5. The van der Waals surface area contributed by atoms with Crippen molar-refractivity contribution in [2.45, 2.75) is 39.0 Å². The fraction of sp³-hybridized carbons (Fsp3) is 0.333. The molecular weight excluding hydrogens is 449 g/mol. The van der Waals surface area contributed by atoms with Gasteiger partial charge in [-0.3, -0.25) is 19.4 Å². The maximum atomic E-state index is 13.1. The molecule has 4 rings (SSSR count). The molecule has 0 aromatic carbocycles. The Kier molecular flexibility index (Phi) is 5.76. The SMILES string of the molecule is Cc1cc(-c2cncc(OCC(F)F)c2)nc2c1C(=O)N(c1cnn(CC(F)(F)F)c1)[C@H]2C. The van der Waals surface area contributed by atoms with E-state index in [4.69, 9.17) is 4.74 Å². The molecule has 12 heteroatoms. The summed E-state index contributed by atoms with van der Waals surface area (Å²) in [7, 11) is 0. The molecule has 33 heavy (non-hydrogen) atoms. The standard InChI is InChI=1S/C21H18F5N5O2/c1-11-3-16(13-4-15(7-27-5-13)33-9-17(22)23)29-19-12(2)31(20(32)18(11)19)14-6-28-30(8-14)10-21(24,25)26/h3-8,12,17H,9-10H2,1-2H3/t12-/m0/s1. The second-order valence-electron chi connectivity index (χ2n) is 7.56. The van der Waals surface area contributed by atoms with Crippen LogP contribution in [0.5, 0.6) is 5.75 Å². The Labute approximate surface area is 184 Å². The number of fused-ring (bicyclic) bond motifs is 1. The molecule has 0 spiro atoms. The number of aromatic nitrogens is 4. The van der Waals surface area contributed by atoms with Gasteiger partial charge in [-0.2, -0.15) is 18.3 Å². The van der Waals surface area contributed by atoms with Gasteiger partial charge in [0.2, 0.25) is 0 Å². The average molecular weight is 467 g/mol. The highest BCUT2D eigenvalue weighted by Gasteiger charge is 2.39. The molecule has 0 saturated carbocycles. The molecule has 0 radical (unpaired) electrons. The van der Waals surface area contributed by atoms with E-state index in [1.54, 1.807) is 19.9 Å². The van der Waals surface area contributed by atoms with Gasteiger partial charge in [-0.1, -0.05) is 0 Å². The molecule has 0 unspecified atom stereocenters. The second-order valence-corrected chi connectivity index (χ2v) is 7.56. The number of anilines is 1. The summed E-state index contributed by atoms with van der Waals surface area (Å²) in [4.78, 5) is 23.0. The van der Waals surface area contributed by atoms with Crippen molar-refractivity contribution < 1.29 is 31.5 Å². The molecule has 3 aromatic rings. The zero-order chi connectivity index (χ0) is 23.9. The second kappa shape index (κ2) is 8.41. The van der Waals surface area contributed by atoms with Crippen LogP contribution in [-0.2, 0) is 6.54 Å². The third-order valence-corrected chi connectivity index (χ3v) is 5.08. The van der Waals surface area contributed by atoms with Gasteiger partial charge in [0.05, 0.1) is 41.1 Å². The number of ether oxygens (including phenoxy) is 1. The highest BCUT2D eigenvalue weighted by atomic mass is 19.4. The summed E-state index contributed by atoms with van der Waals surface area (Å²) in [5, 5.41) is 3.71. The van der Waals surface area contributed by atoms with Crippen LogP contribution < -0.4 is 9.64 Å². The summed E-state index contributed by atoms with van der Waals surface area (Å²) in [6, 6.07) is 2.61. The van der Waals surface area contributed by atoms with Crippen molar-refractivity contribution in [1.29, 1.82) is 0 Å². The zero-order valence-electron chi connectivity index (χ0n) is 17.5. The molecule has 0 bridgehead atoms. The fourth-order valence-electron chi connectivity index (χ4n) is 3.73. The molecule has 174 valence electrons. The molecule has 1 atom stereocenters. The molecule has 7 nitrogen and oxygen atoms in total. The van der Waals surface area contributed by atoms with Crippen molar-refractivity contribution in [3.8, 4) is 17.0 Å². The Morgan fingerprint density at radius 3 is 2.64 bits per heavy atom. The Balaban J connectivity index is 1.65. The van der Waals surface area contributed by atoms with Crippen molar-refractivity contribution in [2.24, 2.45) is 0 Å². The van der Waals surface area contributed by atoms with Crippen LogP contribution in [0.3, 0.4) is 0 Å². The van der Waals surface area contributed by atoms with Crippen LogP contribution in [0.1, 0.15) is 34.6 Å². The molecule has 0 saturated heterocycles. The van der Waals surface area contributed by atoms with E-state index >= 15 is 0 Å². The fourth-order valence-corrected chi connectivity index (χ4v) is 3.73. The quantitative estimate of drug-likeness (QED) is 0.497. The van der Waals surface area contributed by atoms with Crippen molar-refractivity contribution >= 4 is 11.6 Å². The Morgan fingerprint density at radius 1 is 1.18 bits per heavy atom. The molecule has 4 heterocycles. The Hall–Kier alpha value is -3.57. The minimum Gasteiger partial charge on any atom is -0.486 e. The van der Waals surface area contributed by atoms with E-state index in [0.717, 1.165) is 10.9 Å². The van der Waals surface area contributed by atoms with Gasteiger partial charge in [-0.05, 0) is 31.5 Å². The first kappa shape index (κ1) is 22.6. The molecule has 0 fully saturated rings. The number of hydrogen-bond acceptors (Lipinski definition) is 5. The van der Waals surface area contributed by atoms with E-state index < -0.39 is 37.7 Å². The van der Waals surface area contributed by atoms with Gasteiger partial charge >= 0.3 is 6.18 Å². The van der Waals surface area contributed by atoms with Crippen LogP contribution in [0.15, 0.2) is 36.9 Å². The van der Waals surface area contributed by atoms with Gasteiger partial charge in [-0.25, -0.2) is 13.8 Å². The number of carbonyl (C=O) groups excluding carboxylic acids is 1. The first-order chi connectivity index (χ1) is 15.5. The van der Waals surface area contributed by atoms with Crippen LogP contribution in [-0.4, -0.2) is 44.9 Å². The first-order valence-electron chi connectivity index (χ1n) is 9.84. The lowest BCUT2D eigenvalue weighted by molar-refractivity contribution is -0.142. The van der Waals surface area contributed by atoms with E-state index in [1.807, 2.05) is 0 Å². The van der Waals surface area contributed by atoms with Crippen molar-refractivity contribution in [2.75, 3.05) is 11.5 Å². The molecular formula is C21H18F5N5O2. The van der Waals surface area contributed by atoms with Crippen LogP contribution in [0.4, 0.5) is 27.6 Å². The van der Waals surface area contributed by atoms with Crippen LogP contribution in [0, 0.1) is 6.92 Å². The van der Waals surface area contributed by atoms with Gasteiger partial charge in [0, 0.05) is 18.0 Å². The van der Waals surface area contributed by atoms with E-state index in [1.165, 1.54) is 29.6 Å². The van der Waals surface area contributed by atoms with Crippen molar-refractivity contribution in [3.63, 3.8) is 0 Å². The molecule has 3 aromatic heterocycles. The minimum absolute atomic E-state index is 0.149. The average Bonchev–Trinajstić information content (AvgIpc) is 3.27. The molecule has 1 amide bonds. The number of rotatable bonds is 6. The number of alkyl halides is 5. The summed E-state index contributed by atoms with van der Waals surface area (Å²) in [5.41, 5.74) is 2.58. The third-order valence-electron chi connectivity index (χ3n) is 5.08. The normalized spacial score (nSPS) is 15.9. The van der Waals surface area contributed by atoms with Gasteiger partial charge in [0.15, 0.2) is 0 Å². The molecule has 0 N–H and O–H groups in total. The maximum absolute atomic E-state index is 13.1. The predicted octanol–water partition coefficient (Wildman–Crippen LogP) is 4.58. The summed E-state index contributed by atoms with van der Waals surface area (Å²) in [5.74, 6) is -0.247. The van der Waals surface area contributed by atoms with E-state index in [9.17, 15) is 26.7 Å². The Bertz CT molecular complexity index is 1190. The number of amides is 1. The van der Waals surface area contributed by atoms with Gasteiger partial charge in [-0.15, -0.1) is 0 Å². The largest absolute Gasteiger partial charge is 0.486 e. The van der Waals surface area contributed by atoms with Gasteiger partial charge in [0.25, 0.3) is 12.3 Å². The number of nitrogens with zero attached hydrogens (tertiary/aromatic N) is 5. The minimum atomic E-state index is -4.44. The van der Waals surface area contributed by atoms with Crippen LogP contribution >= 0.6 is 0 Å². The van der Waals surface area contributed by atoms with Gasteiger partial charge < -0.3 is 4.74 Å². The number of aryl methyl sites for hydroxylation is 1. The lowest BCUT2D eigenvalue weighted by Crippen LogP contribution is -2.26. The summed E-state index contributed by atoms with van der Waals surface area (Å²) in [6.45, 7) is 1.39. The highest BCUT2D eigenvalue weighted by Crippen LogP contribution is 2.39. The lowest BCUT2D eigenvalue weighted by Gasteiger charge is -2.19. The third kappa shape index (κ3) is 4.64.